The van der Waals surface area contributed by atoms with Gasteiger partial charge in [-0.05, 0) is 43.9 Å². The van der Waals surface area contributed by atoms with Gasteiger partial charge in [0.05, 0.1) is 0 Å². The number of rotatable bonds is 8. The zero-order chi connectivity index (χ0) is 13.9. The molecule has 110 valence electrons. The summed E-state index contributed by atoms with van der Waals surface area (Å²) >= 11 is 1.38. The van der Waals surface area contributed by atoms with Crippen molar-refractivity contribution in [1.82, 2.24) is 15.1 Å². The summed E-state index contributed by atoms with van der Waals surface area (Å²) in [5.41, 5.74) is 0. The lowest BCUT2D eigenvalue weighted by Gasteiger charge is -2.21. The first-order valence-corrected chi connectivity index (χ1v) is 8.44. The third-order valence-corrected chi connectivity index (χ3v) is 4.64. The Morgan fingerprint density at radius 3 is 2.45 bits per heavy atom. The highest BCUT2D eigenvalue weighted by Gasteiger charge is 2.33. The number of anilines is 1. The van der Waals surface area contributed by atoms with Crippen molar-refractivity contribution in [2.45, 2.75) is 39.0 Å². The third-order valence-electron chi connectivity index (χ3n) is 3.77. The molecular formula is C14H22N4OS. The van der Waals surface area contributed by atoms with Crippen LogP contribution in [0, 0.1) is 11.8 Å². The Balaban J connectivity index is 1.62. The van der Waals surface area contributed by atoms with E-state index in [4.69, 9.17) is 0 Å². The summed E-state index contributed by atoms with van der Waals surface area (Å²) in [7, 11) is 0. The highest BCUT2D eigenvalue weighted by Crippen LogP contribution is 2.34. The highest BCUT2D eigenvalue weighted by atomic mass is 32.1. The fourth-order valence-electron chi connectivity index (χ4n) is 2.21. The Morgan fingerprint density at radius 2 is 1.90 bits per heavy atom. The molecule has 0 saturated heterocycles. The van der Waals surface area contributed by atoms with Crippen LogP contribution in [0.15, 0.2) is 0 Å². The van der Waals surface area contributed by atoms with Crippen LogP contribution in [-0.2, 0) is 0 Å². The normalized spacial score (nSPS) is 18.1. The van der Waals surface area contributed by atoms with Crippen molar-refractivity contribution in [2.24, 2.45) is 11.8 Å². The Hall–Kier alpha value is -1.17. The second-order valence-electron chi connectivity index (χ2n) is 5.94. The van der Waals surface area contributed by atoms with E-state index in [0.717, 1.165) is 43.0 Å². The van der Waals surface area contributed by atoms with Crippen LogP contribution in [0.2, 0.25) is 0 Å². The van der Waals surface area contributed by atoms with Crippen molar-refractivity contribution in [3.05, 3.63) is 5.01 Å². The van der Waals surface area contributed by atoms with Gasteiger partial charge in [0, 0.05) is 19.6 Å². The number of hydrogen-bond donors (Lipinski definition) is 1. The van der Waals surface area contributed by atoms with Gasteiger partial charge in [0.1, 0.15) is 0 Å². The van der Waals surface area contributed by atoms with Gasteiger partial charge in [0.15, 0.2) is 0 Å². The van der Waals surface area contributed by atoms with Crippen LogP contribution < -0.4 is 5.32 Å². The summed E-state index contributed by atoms with van der Waals surface area (Å²) in [6.07, 6.45) is 6.13. The predicted molar refractivity (Wildman–Crippen MR) is 80.0 cm³/mol. The summed E-state index contributed by atoms with van der Waals surface area (Å²) in [4.78, 5) is 14.6. The maximum Gasteiger partial charge on any atom is 0.284 e. The number of nitrogens with one attached hydrogen (secondary N) is 1. The molecule has 1 N–H and O–H groups in total. The fourth-order valence-corrected chi connectivity index (χ4v) is 2.95. The molecule has 2 fully saturated rings. The highest BCUT2D eigenvalue weighted by molar-refractivity contribution is 7.17. The lowest BCUT2D eigenvalue weighted by atomic mass is 10.3. The first kappa shape index (κ1) is 13.8. The van der Waals surface area contributed by atoms with Crippen LogP contribution in [0.25, 0.3) is 0 Å². The molecule has 0 aromatic carbocycles. The quantitative estimate of drug-likeness (QED) is 0.800. The number of hydrogen-bond acceptors (Lipinski definition) is 5. The monoisotopic (exact) mass is 294 g/mol. The summed E-state index contributed by atoms with van der Waals surface area (Å²) in [5.74, 6) is 1.53. The molecule has 6 heteroatoms. The molecule has 1 amide bonds. The van der Waals surface area contributed by atoms with Crippen molar-refractivity contribution in [2.75, 3.05) is 25.0 Å². The van der Waals surface area contributed by atoms with Crippen LogP contribution in [0.4, 0.5) is 5.13 Å². The predicted octanol–water partition coefficient (Wildman–Crippen LogP) is 2.62. The molecule has 0 atom stereocenters. The Labute approximate surface area is 123 Å². The van der Waals surface area contributed by atoms with E-state index in [0.29, 0.717) is 5.01 Å². The average molecular weight is 294 g/mol. The number of aromatic nitrogens is 2. The molecule has 20 heavy (non-hydrogen) atoms. The van der Waals surface area contributed by atoms with E-state index in [-0.39, 0.29) is 5.91 Å². The molecule has 3 rings (SSSR count). The molecule has 2 aliphatic rings. The number of carbonyl (C=O) groups excluding carboxylic acids is 1. The van der Waals surface area contributed by atoms with Crippen molar-refractivity contribution in [1.29, 1.82) is 0 Å². The van der Waals surface area contributed by atoms with E-state index in [1.165, 1.54) is 37.0 Å². The Morgan fingerprint density at radius 1 is 1.25 bits per heavy atom. The van der Waals surface area contributed by atoms with Crippen molar-refractivity contribution < 1.29 is 4.79 Å². The maximum absolute atomic E-state index is 12.6. The van der Waals surface area contributed by atoms with E-state index in [2.05, 4.69) is 22.4 Å². The van der Waals surface area contributed by atoms with Gasteiger partial charge in [0.25, 0.3) is 5.91 Å². The van der Waals surface area contributed by atoms with Crippen LogP contribution in [0.1, 0.15) is 48.8 Å². The molecular weight excluding hydrogens is 272 g/mol. The summed E-state index contributed by atoms with van der Waals surface area (Å²) in [6, 6.07) is 0. The average Bonchev–Trinajstić information content (AvgIpc) is 3.37. The van der Waals surface area contributed by atoms with Gasteiger partial charge >= 0.3 is 0 Å². The molecule has 5 nitrogen and oxygen atoms in total. The minimum atomic E-state index is 0.0749. The minimum absolute atomic E-state index is 0.0749. The van der Waals surface area contributed by atoms with Gasteiger partial charge in [0.2, 0.25) is 10.1 Å². The van der Waals surface area contributed by atoms with Gasteiger partial charge < -0.3 is 10.2 Å². The summed E-state index contributed by atoms with van der Waals surface area (Å²) < 4.78 is 0. The van der Waals surface area contributed by atoms with Crippen molar-refractivity contribution >= 4 is 22.4 Å². The van der Waals surface area contributed by atoms with E-state index in [1.807, 2.05) is 4.90 Å². The maximum atomic E-state index is 12.6. The molecule has 1 heterocycles. The lowest BCUT2D eigenvalue weighted by molar-refractivity contribution is 0.0738. The zero-order valence-electron chi connectivity index (χ0n) is 12.0. The Kier molecular flexibility index (Phi) is 4.19. The first-order valence-electron chi connectivity index (χ1n) is 7.63. The second kappa shape index (κ2) is 6.08. The van der Waals surface area contributed by atoms with E-state index in [9.17, 15) is 4.79 Å². The standard InChI is InChI=1S/C14H22N4OS/c1-2-7-15-14-17-16-12(20-14)13(19)18(8-10-3-4-10)9-11-5-6-11/h10-11H,2-9H2,1H3,(H,15,17). The zero-order valence-corrected chi connectivity index (χ0v) is 12.8. The third kappa shape index (κ3) is 3.69. The van der Waals surface area contributed by atoms with Crippen LogP contribution in [0.5, 0.6) is 0 Å². The molecule has 1 aromatic rings. The van der Waals surface area contributed by atoms with E-state index >= 15 is 0 Å². The largest absolute Gasteiger partial charge is 0.360 e. The van der Waals surface area contributed by atoms with E-state index in [1.54, 1.807) is 0 Å². The van der Waals surface area contributed by atoms with Gasteiger partial charge in [-0.2, -0.15) is 0 Å². The molecule has 2 saturated carbocycles. The van der Waals surface area contributed by atoms with Gasteiger partial charge in [-0.1, -0.05) is 18.3 Å². The van der Waals surface area contributed by atoms with Crippen molar-refractivity contribution in [3.8, 4) is 0 Å². The van der Waals surface area contributed by atoms with Gasteiger partial charge in [-0.15, -0.1) is 10.2 Å². The van der Waals surface area contributed by atoms with Crippen LogP contribution in [0.3, 0.4) is 0 Å². The van der Waals surface area contributed by atoms with Crippen molar-refractivity contribution in [3.63, 3.8) is 0 Å². The van der Waals surface area contributed by atoms with E-state index < -0.39 is 0 Å². The smallest absolute Gasteiger partial charge is 0.284 e. The molecule has 0 radical (unpaired) electrons. The topological polar surface area (TPSA) is 58.1 Å². The molecule has 0 bridgehead atoms. The molecule has 0 aliphatic heterocycles. The first-order chi connectivity index (χ1) is 9.76. The number of nitrogens with zero attached hydrogens (tertiary/aromatic N) is 3. The molecule has 0 unspecified atom stereocenters. The minimum Gasteiger partial charge on any atom is -0.360 e. The van der Waals surface area contributed by atoms with Gasteiger partial charge in [-0.3, -0.25) is 4.79 Å². The van der Waals surface area contributed by atoms with Crippen LogP contribution in [-0.4, -0.2) is 40.6 Å². The summed E-state index contributed by atoms with van der Waals surface area (Å²) in [6.45, 7) is 4.79. The van der Waals surface area contributed by atoms with Crippen LogP contribution >= 0.6 is 11.3 Å². The van der Waals surface area contributed by atoms with Gasteiger partial charge in [-0.25, -0.2) is 0 Å². The molecule has 2 aliphatic carbocycles. The second-order valence-corrected chi connectivity index (χ2v) is 6.91. The fraction of sp³-hybridized carbons (Fsp3) is 0.786. The molecule has 1 aromatic heterocycles. The summed E-state index contributed by atoms with van der Waals surface area (Å²) in [5, 5.41) is 12.6. The SMILES string of the molecule is CCCNc1nnc(C(=O)N(CC2CC2)CC2CC2)s1. The lowest BCUT2D eigenvalue weighted by Crippen LogP contribution is -2.34. The number of amides is 1. The number of carbonyl (C=O) groups is 1. The molecule has 0 spiro atoms. The Bertz CT molecular complexity index is 453.